The molecule has 2 aromatic carbocycles. The normalized spacial score (nSPS) is 21.1. The number of hydrogen-bond acceptors (Lipinski definition) is 8. The van der Waals surface area contributed by atoms with Crippen molar-refractivity contribution in [3.8, 4) is 6.07 Å². The molecule has 2 aliphatic heterocycles. The van der Waals surface area contributed by atoms with E-state index in [0.717, 1.165) is 35.1 Å². The predicted molar refractivity (Wildman–Crippen MR) is 168 cm³/mol. The molecule has 0 radical (unpaired) electrons. The van der Waals surface area contributed by atoms with E-state index in [1.54, 1.807) is 4.90 Å². The van der Waals surface area contributed by atoms with Gasteiger partial charge in [0.25, 0.3) is 5.91 Å². The van der Waals surface area contributed by atoms with Crippen LogP contribution in [0.4, 0.5) is 0 Å². The van der Waals surface area contributed by atoms with Gasteiger partial charge in [-0.2, -0.15) is 10.4 Å². The van der Waals surface area contributed by atoms with E-state index in [9.17, 15) is 19.6 Å². The molecular weight excluding hydrogens is 554 g/mol. The van der Waals surface area contributed by atoms with E-state index >= 15 is 0 Å². The number of benzene rings is 2. The molecule has 0 saturated carbocycles. The summed E-state index contributed by atoms with van der Waals surface area (Å²) in [4.78, 5) is 45.3. The highest BCUT2D eigenvalue weighted by atomic mass is 16.2. The second-order valence-electron chi connectivity index (χ2n) is 11.9. The third-order valence-corrected chi connectivity index (χ3v) is 8.96. The summed E-state index contributed by atoms with van der Waals surface area (Å²) in [6, 6.07) is 13.5. The Bertz CT molecular complexity index is 1470. The van der Waals surface area contributed by atoms with Gasteiger partial charge in [-0.25, -0.2) is 4.99 Å². The smallest absolute Gasteiger partial charge is 0.251 e. The maximum Gasteiger partial charge on any atom is 0.251 e. The van der Waals surface area contributed by atoms with Crippen molar-refractivity contribution in [3.05, 3.63) is 69.8 Å². The average Bonchev–Trinajstić information content (AvgIpc) is 3.73. The minimum Gasteiger partial charge on any atom is -0.352 e. The lowest BCUT2D eigenvalue weighted by Crippen LogP contribution is -2.47. The van der Waals surface area contributed by atoms with Gasteiger partial charge in [-0.1, -0.05) is 25.1 Å². The summed E-state index contributed by atoms with van der Waals surface area (Å²) in [5.41, 5.74) is 4.54. The van der Waals surface area contributed by atoms with Crippen LogP contribution >= 0.6 is 0 Å². The third kappa shape index (κ3) is 6.06. The number of ketones is 1. The van der Waals surface area contributed by atoms with Crippen molar-refractivity contribution in [2.24, 2.45) is 15.2 Å². The summed E-state index contributed by atoms with van der Waals surface area (Å²) >= 11 is 0. The van der Waals surface area contributed by atoms with E-state index in [1.807, 2.05) is 57.2 Å². The van der Waals surface area contributed by atoms with Crippen molar-refractivity contribution in [2.45, 2.75) is 83.2 Å². The Morgan fingerprint density at radius 2 is 1.80 bits per heavy atom. The van der Waals surface area contributed by atoms with Gasteiger partial charge >= 0.3 is 0 Å². The van der Waals surface area contributed by atoms with Crippen LogP contribution in [-0.4, -0.2) is 66.7 Å². The lowest BCUT2D eigenvalue weighted by Gasteiger charge is -2.37. The second-order valence-corrected chi connectivity index (χ2v) is 11.9. The summed E-state index contributed by atoms with van der Waals surface area (Å²) in [6.07, 6.45) is 4.69. The number of amidine groups is 1. The van der Waals surface area contributed by atoms with Crippen molar-refractivity contribution >= 4 is 23.4 Å². The summed E-state index contributed by atoms with van der Waals surface area (Å²) in [7, 11) is 0. The van der Waals surface area contributed by atoms with Gasteiger partial charge in [0.15, 0.2) is 18.3 Å². The van der Waals surface area contributed by atoms with Crippen LogP contribution in [0.1, 0.15) is 95.8 Å². The number of hydrogen-bond donors (Lipinski definition) is 2. The molecule has 230 valence electrons. The highest BCUT2D eigenvalue weighted by Crippen LogP contribution is 2.46. The average molecular weight is 596 g/mol. The zero-order valence-electron chi connectivity index (χ0n) is 25.9. The molecule has 1 saturated heterocycles. The van der Waals surface area contributed by atoms with Gasteiger partial charge in [0.05, 0.1) is 18.0 Å². The van der Waals surface area contributed by atoms with Crippen LogP contribution in [0.2, 0.25) is 0 Å². The van der Waals surface area contributed by atoms with Gasteiger partial charge in [0.1, 0.15) is 6.04 Å². The Balaban J connectivity index is 1.58. The lowest BCUT2D eigenvalue weighted by molar-refractivity contribution is -0.130. The van der Waals surface area contributed by atoms with Crippen molar-refractivity contribution in [2.75, 3.05) is 26.3 Å². The maximum atomic E-state index is 13.1. The van der Waals surface area contributed by atoms with Crippen molar-refractivity contribution < 1.29 is 14.4 Å². The van der Waals surface area contributed by atoms with Gasteiger partial charge in [-0.15, -0.1) is 5.11 Å². The molecule has 5 rings (SSSR count). The van der Waals surface area contributed by atoms with Gasteiger partial charge in [0, 0.05) is 36.7 Å². The van der Waals surface area contributed by atoms with Crippen LogP contribution in [-0.2, 0) is 23.1 Å². The minimum atomic E-state index is -0.828. The first-order valence-corrected chi connectivity index (χ1v) is 15.8. The van der Waals surface area contributed by atoms with Crippen LogP contribution in [0.5, 0.6) is 0 Å². The summed E-state index contributed by atoms with van der Waals surface area (Å²) in [5, 5.41) is 24.6. The van der Waals surface area contributed by atoms with Crippen LogP contribution in [0, 0.1) is 11.3 Å². The Kier molecular flexibility index (Phi) is 9.64. The highest BCUT2D eigenvalue weighted by molar-refractivity contribution is 6.01. The molecule has 10 nitrogen and oxygen atoms in total. The molecule has 10 heteroatoms. The van der Waals surface area contributed by atoms with Crippen molar-refractivity contribution in [3.63, 3.8) is 0 Å². The number of carbonyl (C=O) groups excluding carboxylic acids is 3. The first-order valence-electron chi connectivity index (χ1n) is 15.8. The number of rotatable bonds is 11. The molecular formula is C34H41N7O3. The fraction of sp³-hybridized carbons (Fsp3) is 0.500. The SMILES string of the molecule is CCCC(=O)c1ccc2c(c1)CCc1cc(C(=O)NCC)ccc1C2(C[C@H](C)NCC(=O)N1CCC[C@H]1C#N)C1=NCN=N1. The number of fused-ring (bicyclic) bond motifs is 2. The molecule has 0 bridgehead atoms. The van der Waals surface area contributed by atoms with E-state index < -0.39 is 5.41 Å². The lowest BCUT2D eigenvalue weighted by atomic mass is 9.67. The van der Waals surface area contributed by atoms with Crippen LogP contribution < -0.4 is 10.6 Å². The Labute approximate surface area is 259 Å². The number of nitrogens with one attached hydrogen (secondary N) is 2. The number of amides is 2. The summed E-state index contributed by atoms with van der Waals surface area (Å²) in [5.74, 6) is 0.494. The largest absolute Gasteiger partial charge is 0.352 e. The molecule has 2 amide bonds. The summed E-state index contributed by atoms with van der Waals surface area (Å²) < 4.78 is 0. The van der Waals surface area contributed by atoms with E-state index in [4.69, 9.17) is 4.99 Å². The molecule has 2 N–H and O–H groups in total. The predicted octanol–water partition coefficient (Wildman–Crippen LogP) is 4.51. The molecule has 1 aliphatic carbocycles. The molecule has 1 fully saturated rings. The van der Waals surface area contributed by atoms with Crippen LogP contribution in [0.3, 0.4) is 0 Å². The van der Waals surface area contributed by atoms with Crippen LogP contribution in [0.15, 0.2) is 51.6 Å². The zero-order chi connectivity index (χ0) is 31.3. The third-order valence-electron chi connectivity index (χ3n) is 8.96. The molecule has 0 aromatic heterocycles. The molecule has 44 heavy (non-hydrogen) atoms. The van der Waals surface area contributed by atoms with Crippen molar-refractivity contribution in [1.29, 1.82) is 5.26 Å². The fourth-order valence-electron chi connectivity index (χ4n) is 6.89. The maximum absolute atomic E-state index is 13.1. The Morgan fingerprint density at radius 1 is 1.09 bits per heavy atom. The number of Topliss-reactive ketones (excluding diaryl/α,β-unsaturated/α-hetero) is 1. The Hall–Kier alpha value is -4.23. The van der Waals surface area contributed by atoms with Gasteiger partial charge in [-0.05, 0) is 92.8 Å². The topological polar surface area (TPSA) is 139 Å². The molecule has 3 aliphatic rings. The van der Waals surface area contributed by atoms with Crippen molar-refractivity contribution in [1.82, 2.24) is 15.5 Å². The first kappa shape index (κ1) is 31.2. The molecule has 3 atom stereocenters. The zero-order valence-corrected chi connectivity index (χ0v) is 25.9. The highest BCUT2D eigenvalue weighted by Gasteiger charge is 2.46. The molecule has 1 unspecified atom stereocenters. The quantitative estimate of drug-likeness (QED) is 0.368. The second kappa shape index (κ2) is 13.6. The summed E-state index contributed by atoms with van der Waals surface area (Å²) in [6.45, 7) is 7.42. The van der Waals surface area contributed by atoms with Crippen LogP contribution in [0.25, 0.3) is 0 Å². The number of likely N-dealkylation sites (tertiary alicyclic amines) is 1. The van der Waals surface area contributed by atoms with Gasteiger partial charge < -0.3 is 15.5 Å². The van der Waals surface area contributed by atoms with E-state index in [2.05, 4.69) is 26.9 Å². The fourth-order valence-corrected chi connectivity index (χ4v) is 6.89. The molecule has 2 aromatic rings. The van der Waals surface area contributed by atoms with Gasteiger partial charge in [-0.3, -0.25) is 14.4 Å². The number of aliphatic imine (C=N–C) groups is 1. The number of nitriles is 1. The van der Waals surface area contributed by atoms with E-state index in [0.29, 0.717) is 62.2 Å². The number of aryl methyl sites for hydroxylation is 2. The molecule has 2 heterocycles. The number of azo groups is 1. The first-order chi connectivity index (χ1) is 21.3. The number of nitrogens with zero attached hydrogens (tertiary/aromatic N) is 5. The Morgan fingerprint density at radius 3 is 2.43 bits per heavy atom. The molecule has 0 spiro atoms. The minimum absolute atomic E-state index is 0.0832. The van der Waals surface area contributed by atoms with E-state index in [1.165, 1.54) is 0 Å². The number of carbonyl (C=O) groups is 3. The van der Waals surface area contributed by atoms with Gasteiger partial charge in [0.2, 0.25) is 5.91 Å². The van der Waals surface area contributed by atoms with E-state index in [-0.39, 0.29) is 42.9 Å². The monoisotopic (exact) mass is 595 g/mol. The standard InChI is InChI=1S/C34H41N7O3/c1-4-7-30(42)25-11-13-28-23(16-25)9-10-24-17-26(32(44)36-5-2)12-14-29(24)34(28,33-38-21-39-40-33)18-22(3)37-20-31(43)41-15-6-8-27(41)19-35/h11-14,16-17,22,27,37H,4-10,15,18,20-21H2,1-3H3,(H,36,44)/t22-,27-,34?/m0/s1.